The monoisotopic (exact) mass is 541 g/mol. The van der Waals surface area contributed by atoms with Crippen molar-refractivity contribution in [2.45, 2.75) is 71.4 Å². The normalized spacial score (nSPS) is 16.2. The molecule has 1 saturated heterocycles. The minimum Gasteiger partial charge on any atom is -0.490 e. The van der Waals surface area contributed by atoms with Gasteiger partial charge in [-0.25, -0.2) is 4.79 Å². The van der Waals surface area contributed by atoms with Crippen LogP contribution in [0.4, 0.5) is 0 Å². The van der Waals surface area contributed by atoms with Crippen LogP contribution in [0.15, 0.2) is 53.4 Å². The zero-order valence-electron chi connectivity index (χ0n) is 21.6. The van der Waals surface area contributed by atoms with E-state index >= 15 is 0 Å². The van der Waals surface area contributed by atoms with Gasteiger partial charge in [0.25, 0.3) is 5.91 Å². The lowest BCUT2D eigenvalue weighted by atomic mass is 10.1. The molecule has 0 aromatic heterocycles. The predicted molar refractivity (Wildman–Crippen MR) is 153 cm³/mol. The molecule has 2 atom stereocenters. The number of carboxylic acids is 1. The lowest BCUT2D eigenvalue weighted by molar-refractivity contribution is -0.145. The summed E-state index contributed by atoms with van der Waals surface area (Å²) < 4.78 is 12.2. The van der Waals surface area contributed by atoms with E-state index < -0.39 is 17.9 Å². The Bertz CT molecular complexity index is 1120. The molecule has 0 spiro atoms. The van der Waals surface area contributed by atoms with Crippen LogP contribution in [0.2, 0.25) is 0 Å². The molecule has 0 bridgehead atoms. The molecule has 198 valence electrons. The fraction of sp³-hybridized carbons (Fsp3) is 0.414. The third kappa shape index (κ3) is 7.82. The third-order valence-corrected chi connectivity index (χ3v) is 7.37. The summed E-state index contributed by atoms with van der Waals surface area (Å²) in [5.74, 6) is -0.288. The number of carbonyl (C=O) groups excluding carboxylic acids is 1. The first-order chi connectivity index (χ1) is 17.8. The van der Waals surface area contributed by atoms with Crippen LogP contribution < -0.4 is 9.47 Å². The number of carboxylic acid groups (broad SMARTS) is 1. The number of ether oxygens (including phenoxy) is 2. The number of thioether (sulfide) groups is 1. The molecule has 2 aromatic rings. The fourth-order valence-corrected chi connectivity index (χ4v) is 5.50. The minimum absolute atomic E-state index is 0.0638. The van der Waals surface area contributed by atoms with Crippen molar-refractivity contribution in [2.24, 2.45) is 0 Å². The largest absolute Gasteiger partial charge is 0.490 e. The molecule has 1 aliphatic heterocycles. The Morgan fingerprint density at radius 2 is 1.81 bits per heavy atom. The molecule has 1 aliphatic rings. The number of hydrogen-bond donors (Lipinski definition) is 1. The summed E-state index contributed by atoms with van der Waals surface area (Å²) in [6.07, 6.45) is 8.86. The van der Waals surface area contributed by atoms with Crippen molar-refractivity contribution >= 4 is 46.3 Å². The summed E-state index contributed by atoms with van der Waals surface area (Å²) in [6, 6.07) is 13.0. The summed E-state index contributed by atoms with van der Waals surface area (Å²) in [7, 11) is 0. The van der Waals surface area contributed by atoms with Crippen LogP contribution in [0.1, 0.15) is 76.5 Å². The van der Waals surface area contributed by atoms with Crippen LogP contribution in [0.5, 0.6) is 11.5 Å². The van der Waals surface area contributed by atoms with E-state index in [2.05, 4.69) is 13.8 Å². The first-order valence-electron chi connectivity index (χ1n) is 12.8. The number of nitrogens with zero attached hydrogens (tertiary/aromatic N) is 1. The molecule has 2 aromatic carbocycles. The van der Waals surface area contributed by atoms with E-state index in [1.807, 2.05) is 25.1 Å². The Morgan fingerprint density at radius 3 is 2.49 bits per heavy atom. The molecular weight excluding hydrogens is 506 g/mol. The van der Waals surface area contributed by atoms with E-state index in [4.69, 9.17) is 21.7 Å². The predicted octanol–water partition coefficient (Wildman–Crippen LogP) is 7.24. The second kappa shape index (κ2) is 14.2. The molecular formula is C29H35NO5S2. The van der Waals surface area contributed by atoms with Gasteiger partial charge in [-0.05, 0) is 56.0 Å². The van der Waals surface area contributed by atoms with Crippen molar-refractivity contribution in [3.8, 4) is 11.5 Å². The number of aliphatic carboxylic acids is 1. The second-order valence-corrected chi connectivity index (χ2v) is 10.6. The van der Waals surface area contributed by atoms with Gasteiger partial charge in [0.15, 0.2) is 17.5 Å². The van der Waals surface area contributed by atoms with Gasteiger partial charge in [0.1, 0.15) is 4.32 Å². The standard InChI is InChI=1S/C29H35NO5S2/c1-4-6-7-8-10-13-20(3)35-23-17-16-21(18-24(23)34-5-2)19-25-27(31)30(29(36)37-25)26(28(32)33)22-14-11-9-12-15-22/h9,11-12,14-20,26H,4-8,10,13H2,1-3H3,(H,32,33)/b25-19+/t20-,26+/m1/s1. The number of hydrogen-bond acceptors (Lipinski definition) is 6. The van der Waals surface area contributed by atoms with Crippen LogP contribution >= 0.6 is 24.0 Å². The van der Waals surface area contributed by atoms with Crippen LogP contribution in [-0.2, 0) is 9.59 Å². The maximum Gasteiger partial charge on any atom is 0.331 e. The molecule has 1 heterocycles. The van der Waals surface area contributed by atoms with Gasteiger partial charge >= 0.3 is 5.97 Å². The van der Waals surface area contributed by atoms with Crippen molar-refractivity contribution in [3.63, 3.8) is 0 Å². The molecule has 3 rings (SSSR count). The molecule has 0 aliphatic carbocycles. The summed E-state index contributed by atoms with van der Waals surface area (Å²) in [5, 5.41) is 9.88. The van der Waals surface area contributed by atoms with Crippen molar-refractivity contribution in [3.05, 3.63) is 64.6 Å². The van der Waals surface area contributed by atoms with E-state index in [1.165, 1.54) is 30.6 Å². The van der Waals surface area contributed by atoms with Crippen molar-refractivity contribution < 1.29 is 24.2 Å². The molecule has 6 nitrogen and oxygen atoms in total. The number of carbonyl (C=O) groups is 2. The first kappa shape index (κ1) is 28.7. The molecule has 0 unspecified atom stereocenters. The van der Waals surface area contributed by atoms with Crippen molar-refractivity contribution in [1.82, 2.24) is 4.90 Å². The zero-order valence-corrected chi connectivity index (χ0v) is 23.3. The van der Waals surface area contributed by atoms with Gasteiger partial charge in [0.05, 0.1) is 17.6 Å². The number of thiocarbonyl (C=S) groups is 1. The Hall–Kier alpha value is -2.84. The quantitative estimate of drug-likeness (QED) is 0.153. The van der Waals surface area contributed by atoms with E-state index in [9.17, 15) is 14.7 Å². The van der Waals surface area contributed by atoms with Gasteiger partial charge in [0, 0.05) is 0 Å². The van der Waals surface area contributed by atoms with Gasteiger partial charge in [-0.3, -0.25) is 9.69 Å². The lowest BCUT2D eigenvalue weighted by Gasteiger charge is -2.23. The lowest BCUT2D eigenvalue weighted by Crippen LogP contribution is -2.37. The third-order valence-electron chi connectivity index (χ3n) is 6.04. The van der Waals surface area contributed by atoms with Crippen LogP contribution in [-0.4, -0.2) is 38.9 Å². The summed E-state index contributed by atoms with van der Waals surface area (Å²) in [5.41, 5.74) is 1.24. The maximum absolute atomic E-state index is 13.3. The SMILES string of the molecule is CCCCCCC[C@@H](C)Oc1ccc(/C=C2/SC(=S)N([C@H](C(=O)O)c3ccccc3)C2=O)cc1OCC. The zero-order chi connectivity index (χ0) is 26.8. The summed E-state index contributed by atoms with van der Waals surface area (Å²) in [6.45, 7) is 6.67. The van der Waals surface area contributed by atoms with Gasteiger partial charge < -0.3 is 14.6 Å². The first-order valence-corrected chi connectivity index (χ1v) is 14.1. The highest BCUT2D eigenvalue weighted by molar-refractivity contribution is 8.26. The fourth-order valence-electron chi connectivity index (χ4n) is 4.18. The molecule has 1 amide bonds. The second-order valence-electron chi connectivity index (χ2n) is 8.97. The highest BCUT2D eigenvalue weighted by atomic mass is 32.2. The average molecular weight is 542 g/mol. The van der Waals surface area contributed by atoms with Crippen LogP contribution in [0, 0.1) is 0 Å². The number of rotatable bonds is 14. The Labute approximate surface area is 229 Å². The molecule has 1 fully saturated rings. The molecule has 0 saturated carbocycles. The van der Waals surface area contributed by atoms with Gasteiger partial charge in [0.2, 0.25) is 0 Å². The number of amides is 1. The molecule has 0 radical (unpaired) electrons. The van der Waals surface area contributed by atoms with Crippen molar-refractivity contribution in [2.75, 3.05) is 6.61 Å². The Morgan fingerprint density at radius 1 is 1.08 bits per heavy atom. The van der Waals surface area contributed by atoms with Gasteiger partial charge in [-0.1, -0.05) is 93.0 Å². The highest BCUT2D eigenvalue weighted by Gasteiger charge is 2.41. The minimum atomic E-state index is -1.18. The molecule has 37 heavy (non-hydrogen) atoms. The maximum atomic E-state index is 13.3. The molecule has 1 N–H and O–H groups in total. The smallest absolute Gasteiger partial charge is 0.331 e. The van der Waals surface area contributed by atoms with Gasteiger partial charge in [-0.15, -0.1) is 0 Å². The van der Waals surface area contributed by atoms with E-state index in [0.717, 1.165) is 30.2 Å². The Kier molecular flexibility index (Phi) is 11.0. The topological polar surface area (TPSA) is 76.1 Å². The van der Waals surface area contributed by atoms with Crippen molar-refractivity contribution in [1.29, 1.82) is 0 Å². The highest BCUT2D eigenvalue weighted by Crippen LogP contribution is 2.39. The summed E-state index contributed by atoms with van der Waals surface area (Å²) in [4.78, 5) is 26.9. The average Bonchev–Trinajstić information content (AvgIpc) is 3.14. The van der Waals surface area contributed by atoms with Gasteiger partial charge in [-0.2, -0.15) is 0 Å². The van der Waals surface area contributed by atoms with Crippen LogP contribution in [0.3, 0.4) is 0 Å². The number of benzene rings is 2. The van der Waals surface area contributed by atoms with E-state index in [0.29, 0.717) is 28.6 Å². The van der Waals surface area contributed by atoms with E-state index in [1.54, 1.807) is 36.4 Å². The van der Waals surface area contributed by atoms with E-state index in [-0.39, 0.29) is 10.4 Å². The molecule has 8 heteroatoms. The number of unbranched alkanes of at least 4 members (excludes halogenated alkanes) is 4. The van der Waals surface area contributed by atoms with Crippen LogP contribution in [0.25, 0.3) is 6.08 Å². The Balaban J connectivity index is 1.76. The summed E-state index contributed by atoms with van der Waals surface area (Å²) >= 11 is 6.52.